The summed E-state index contributed by atoms with van der Waals surface area (Å²) in [6.07, 6.45) is 1.41. The molecule has 0 aliphatic carbocycles. The lowest BCUT2D eigenvalue weighted by Crippen LogP contribution is -2.42. The summed E-state index contributed by atoms with van der Waals surface area (Å²) in [6, 6.07) is 0. The molecule has 2 heterocycles. The van der Waals surface area contributed by atoms with Gasteiger partial charge in [0.1, 0.15) is 19.0 Å². The molecule has 0 radical (unpaired) electrons. The fourth-order valence-corrected chi connectivity index (χ4v) is 2.79. The molecule has 9 heteroatoms. The van der Waals surface area contributed by atoms with Crippen LogP contribution in [0.15, 0.2) is 12.4 Å². The molecule has 1 saturated heterocycles. The highest BCUT2D eigenvalue weighted by Gasteiger charge is 2.41. The van der Waals surface area contributed by atoms with Gasteiger partial charge in [0, 0.05) is 37.9 Å². The van der Waals surface area contributed by atoms with Gasteiger partial charge in [-0.05, 0) is 19.8 Å². The third-order valence-electron chi connectivity index (χ3n) is 4.07. The van der Waals surface area contributed by atoms with Crippen molar-refractivity contribution in [2.45, 2.75) is 44.6 Å². The molecular formula is C15H21F4N3O2. The van der Waals surface area contributed by atoms with Crippen LogP contribution in [0.2, 0.25) is 0 Å². The van der Waals surface area contributed by atoms with Crippen molar-refractivity contribution in [3.63, 3.8) is 0 Å². The fourth-order valence-electron chi connectivity index (χ4n) is 2.79. The molecule has 0 spiro atoms. The van der Waals surface area contributed by atoms with E-state index >= 15 is 0 Å². The number of alkyl halides is 4. The second kappa shape index (κ2) is 7.96. The second-order valence-corrected chi connectivity index (χ2v) is 5.80. The molecule has 0 bridgehead atoms. The highest BCUT2D eigenvalue weighted by Crippen LogP contribution is 2.26. The summed E-state index contributed by atoms with van der Waals surface area (Å²) in [5.74, 6) is -3.75. The van der Waals surface area contributed by atoms with Gasteiger partial charge in [-0.2, -0.15) is 8.78 Å². The number of ether oxygens (including phenoxy) is 1. The van der Waals surface area contributed by atoms with E-state index in [1.807, 2.05) is 17.7 Å². The molecule has 1 unspecified atom stereocenters. The Morgan fingerprint density at radius 2 is 2.25 bits per heavy atom. The number of halogens is 4. The first-order valence-corrected chi connectivity index (χ1v) is 7.87. The van der Waals surface area contributed by atoms with Crippen molar-refractivity contribution in [3.8, 4) is 0 Å². The van der Waals surface area contributed by atoms with Gasteiger partial charge in [0.2, 0.25) is 5.91 Å². The first-order valence-electron chi connectivity index (χ1n) is 7.87. The first-order chi connectivity index (χ1) is 11.3. The third kappa shape index (κ3) is 4.46. The van der Waals surface area contributed by atoms with Gasteiger partial charge in [0.15, 0.2) is 0 Å². The molecule has 0 saturated carbocycles. The van der Waals surface area contributed by atoms with Crippen LogP contribution in [0.3, 0.4) is 0 Å². The summed E-state index contributed by atoms with van der Waals surface area (Å²) in [5, 5.41) is 0. The summed E-state index contributed by atoms with van der Waals surface area (Å²) in [4.78, 5) is 17.9. The highest BCUT2D eigenvalue weighted by molar-refractivity contribution is 5.77. The maximum Gasteiger partial charge on any atom is 0.330 e. The number of aryl methyl sites for hydroxylation is 1. The molecule has 136 valence electrons. The lowest BCUT2D eigenvalue weighted by atomic mass is 9.97. The van der Waals surface area contributed by atoms with Crippen LogP contribution in [0, 0.1) is 0 Å². The molecule has 1 amide bonds. The number of piperidine rings is 1. The molecule has 0 N–H and O–H groups in total. The monoisotopic (exact) mass is 351 g/mol. The number of amides is 1. The fraction of sp³-hybridized carbons (Fsp3) is 0.733. The van der Waals surface area contributed by atoms with E-state index in [1.54, 1.807) is 6.20 Å². The standard InChI is InChI=1S/C15H21F4N3O2/c1-2-21-7-5-20-13(21)11-4-3-6-22(8-11)12(23)9-24-10-15(18,19)14(16)17/h5,7,11,14H,2-4,6,8-10H2,1H3. The van der Waals surface area contributed by atoms with Crippen molar-refractivity contribution >= 4 is 5.91 Å². The van der Waals surface area contributed by atoms with E-state index < -0.39 is 31.5 Å². The van der Waals surface area contributed by atoms with Crippen molar-refractivity contribution in [3.05, 3.63) is 18.2 Å². The Morgan fingerprint density at radius 3 is 2.92 bits per heavy atom. The lowest BCUT2D eigenvalue weighted by Gasteiger charge is -2.32. The number of carbonyl (C=O) groups is 1. The van der Waals surface area contributed by atoms with Gasteiger partial charge in [-0.1, -0.05) is 0 Å². The van der Waals surface area contributed by atoms with Gasteiger partial charge in [-0.25, -0.2) is 13.8 Å². The van der Waals surface area contributed by atoms with E-state index in [9.17, 15) is 22.4 Å². The molecule has 1 atom stereocenters. The number of hydrogen-bond donors (Lipinski definition) is 0. The smallest absolute Gasteiger partial charge is 0.330 e. The van der Waals surface area contributed by atoms with E-state index in [0.717, 1.165) is 25.2 Å². The average Bonchev–Trinajstić information content (AvgIpc) is 3.03. The van der Waals surface area contributed by atoms with Gasteiger partial charge in [-0.15, -0.1) is 0 Å². The van der Waals surface area contributed by atoms with Gasteiger partial charge in [0.05, 0.1) is 0 Å². The number of rotatable bonds is 7. The number of hydrogen-bond acceptors (Lipinski definition) is 3. The molecule has 1 fully saturated rings. The van der Waals surface area contributed by atoms with E-state index in [4.69, 9.17) is 0 Å². The van der Waals surface area contributed by atoms with Crippen LogP contribution < -0.4 is 0 Å². The minimum Gasteiger partial charge on any atom is -0.365 e. The van der Waals surface area contributed by atoms with Crippen LogP contribution in [0.5, 0.6) is 0 Å². The van der Waals surface area contributed by atoms with Crippen molar-refractivity contribution in [2.75, 3.05) is 26.3 Å². The Kier molecular flexibility index (Phi) is 6.20. The van der Waals surface area contributed by atoms with E-state index in [1.165, 1.54) is 4.90 Å². The second-order valence-electron chi connectivity index (χ2n) is 5.80. The van der Waals surface area contributed by atoms with Crippen molar-refractivity contribution in [1.29, 1.82) is 0 Å². The number of nitrogens with zero attached hydrogens (tertiary/aromatic N) is 3. The molecule has 2 rings (SSSR count). The minimum atomic E-state index is -4.24. The van der Waals surface area contributed by atoms with E-state index in [2.05, 4.69) is 9.72 Å². The van der Waals surface area contributed by atoms with E-state index in [0.29, 0.717) is 13.1 Å². The number of carbonyl (C=O) groups excluding carboxylic acids is 1. The van der Waals surface area contributed by atoms with Gasteiger partial charge in [-0.3, -0.25) is 4.79 Å². The predicted molar refractivity (Wildman–Crippen MR) is 78.2 cm³/mol. The van der Waals surface area contributed by atoms with Crippen LogP contribution in [-0.2, 0) is 16.1 Å². The van der Waals surface area contributed by atoms with Crippen LogP contribution >= 0.6 is 0 Å². The summed E-state index contributed by atoms with van der Waals surface area (Å²) < 4.78 is 56.1. The number of likely N-dealkylation sites (tertiary alicyclic amines) is 1. The Balaban J connectivity index is 1.87. The zero-order valence-electron chi connectivity index (χ0n) is 13.4. The topological polar surface area (TPSA) is 47.4 Å². The Hall–Kier alpha value is -1.64. The highest BCUT2D eigenvalue weighted by atomic mass is 19.3. The maximum atomic E-state index is 12.8. The van der Waals surface area contributed by atoms with Gasteiger partial charge in [0.25, 0.3) is 0 Å². The molecule has 0 aromatic carbocycles. The Labute approximate surface area is 137 Å². The molecular weight excluding hydrogens is 330 g/mol. The molecule has 1 aromatic rings. The summed E-state index contributed by atoms with van der Waals surface area (Å²) >= 11 is 0. The molecule has 1 aliphatic heterocycles. The first kappa shape index (κ1) is 18.7. The van der Waals surface area contributed by atoms with Crippen molar-refractivity contribution in [1.82, 2.24) is 14.5 Å². The molecule has 1 aliphatic rings. The Morgan fingerprint density at radius 1 is 1.50 bits per heavy atom. The third-order valence-corrected chi connectivity index (χ3v) is 4.07. The van der Waals surface area contributed by atoms with Crippen LogP contribution in [0.4, 0.5) is 17.6 Å². The maximum absolute atomic E-state index is 12.8. The molecule has 1 aromatic heterocycles. The molecule has 5 nitrogen and oxygen atoms in total. The quantitative estimate of drug-likeness (QED) is 0.710. The SMILES string of the molecule is CCn1ccnc1C1CCCN(C(=O)COCC(F)(F)C(F)F)C1. The van der Waals surface area contributed by atoms with Crippen molar-refractivity contribution in [2.24, 2.45) is 0 Å². The van der Waals surface area contributed by atoms with E-state index in [-0.39, 0.29) is 5.92 Å². The number of imidazole rings is 1. The summed E-state index contributed by atoms with van der Waals surface area (Å²) in [6.45, 7) is 1.59. The molecule has 24 heavy (non-hydrogen) atoms. The average molecular weight is 351 g/mol. The lowest BCUT2D eigenvalue weighted by molar-refractivity contribution is -0.171. The predicted octanol–water partition coefficient (Wildman–Crippen LogP) is 2.53. The van der Waals surface area contributed by atoms with Crippen LogP contribution in [0.1, 0.15) is 31.5 Å². The Bertz CT molecular complexity index is 551. The summed E-state index contributed by atoms with van der Waals surface area (Å²) in [5.41, 5.74) is 0. The summed E-state index contributed by atoms with van der Waals surface area (Å²) in [7, 11) is 0. The van der Waals surface area contributed by atoms with Gasteiger partial charge >= 0.3 is 12.3 Å². The van der Waals surface area contributed by atoms with Crippen LogP contribution in [0.25, 0.3) is 0 Å². The normalized spacial score (nSPS) is 19.1. The largest absolute Gasteiger partial charge is 0.365 e. The zero-order chi connectivity index (χ0) is 17.7. The van der Waals surface area contributed by atoms with Crippen LogP contribution in [-0.4, -0.2) is 59.0 Å². The zero-order valence-corrected chi connectivity index (χ0v) is 13.4. The van der Waals surface area contributed by atoms with Gasteiger partial charge < -0.3 is 14.2 Å². The van der Waals surface area contributed by atoms with Crippen molar-refractivity contribution < 1.29 is 27.1 Å². The number of aromatic nitrogens is 2. The minimum absolute atomic E-state index is 0.0696.